The zero-order valence-corrected chi connectivity index (χ0v) is 14.4. The molecule has 0 fully saturated rings. The van der Waals surface area contributed by atoms with Crippen LogP contribution >= 0.6 is 23.2 Å². The smallest absolute Gasteiger partial charge is 0.261 e. The molecule has 0 aliphatic rings. The fraction of sp³-hybridized carbons (Fsp3) is 0.111. The molecule has 0 spiro atoms. The summed E-state index contributed by atoms with van der Waals surface area (Å²) in [7, 11) is 0. The van der Waals surface area contributed by atoms with Gasteiger partial charge in [-0.2, -0.15) is 0 Å². The number of nitrogens with one attached hydrogen (secondary N) is 1. The van der Waals surface area contributed by atoms with Crippen LogP contribution in [0.1, 0.15) is 17.3 Å². The Bertz CT molecular complexity index is 996. The summed E-state index contributed by atoms with van der Waals surface area (Å²) in [5.74, 6) is -0.480. The summed E-state index contributed by atoms with van der Waals surface area (Å²) in [4.78, 5) is 25.2. The van der Waals surface area contributed by atoms with Crippen LogP contribution in [-0.4, -0.2) is 10.5 Å². The molecule has 0 saturated carbocycles. The number of aryl methyl sites for hydroxylation is 1. The summed E-state index contributed by atoms with van der Waals surface area (Å²) in [6.07, 6.45) is 1.57. The number of halogens is 2. The number of carbonyl (C=O) groups excluding carboxylic acids is 1. The third-order valence-corrected chi connectivity index (χ3v) is 4.18. The van der Waals surface area contributed by atoms with Crippen molar-refractivity contribution in [2.24, 2.45) is 0 Å². The van der Waals surface area contributed by atoms with Crippen LogP contribution in [0.2, 0.25) is 10.0 Å². The van der Waals surface area contributed by atoms with Gasteiger partial charge < -0.3 is 9.88 Å². The van der Waals surface area contributed by atoms with Gasteiger partial charge in [-0.15, -0.1) is 0 Å². The Morgan fingerprint density at radius 2 is 1.88 bits per heavy atom. The standard InChI is InChI=1S/C18H14Cl2N2O2/c1-2-22-10-15(17(23)14-9-12(20)6-7-16(14)22)18(24)21-13-5-3-4-11(19)8-13/h3-10H,2H2,1H3,(H,21,24). The summed E-state index contributed by atoms with van der Waals surface area (Å²) in [5, 5.41) is 4.08. The molecule has 1 N–H and O–H groups in total. The highest BCUT2D eigenvalue weighted by atomic mass is 35.5. The monoisotopic (exact) mass is 360 g/mol. The molecule has 0 unspecified atom stereocenters. The van der Waals surface area contributed by atoms with Gasteiger partial charge in [-0.25, -0.2) is 0 Å². The highest BCUT2D eigenvalue weighted by molar-refractivity contribution is 6.31. The van der Waals surface area contributed by atoms with Gasteiger partial charge in [0.2, 0.25) is 5.43 Å². The van der Waals surface area contributed by atoms with Gasteiger partial charge in [0.25, 0.3) is 5.91 Å². The molecule has 0 aliphatic heterocycles. The number of nitrogens with zero attached hydrogens (tertiary/aromatic N) is 1. The number of benzene rings is 2. The van der Waals surface area contributed by atoms with E-state index in [4.69, 9.17) is 23.2 Å². The first-order chi connectivity index (χ1) is 11.5. The second-order valence-corrected chi connectivity index (χ2v) is 6.16. The van der Waals surface area contributed by atoms with E-state index in [-0.39, 0.29) is 11.0 Å². The fourth-order valence-electron chi connectivity index (χ4n) is 2.56. The Morgan fingerprint density at radius 1 is 1.12 bits per heavy atom. The van der Waals surface area contributed by atoms with E-state index in [2.05, 4.69) is 5.32 Å². The van der Waals surface area contributed by atoms with Crippen molar-refractivity contribution in [1.82, 2.24) is 4.57 Å². The molecule has 122 valence electrons. The second kappa shape index (κ2) is 6.67. The predicted molar refractivity (Wildman–Crippen MR) is 98.3 cm³/mol. The van der Waals surface area contributed by atoms with Crippen molar-refractivity contribution < 1.29 is 4.79 Å². The molecule has 24 heavy (non-hydrogen) atoms. The number of aromatic nitrogens is 1. The van der Waals surface area contributed by atoms with E-state index in [0.29, 0.717) is 27.7 Å². The first-order valence-corrected chi connectivity index (χ1v) is 8.15. The third kappa shape index (κ3) is 3.16. The molecule has 3 rings (SSSR count). The summed E-state index contributed by atoms with van der Waals surface area (Å²) >= 11 is 11.9. The molecule has 1 heterocycles. The molecule has 4 nitrogen and oxygen atoms in total. The van der Waals surface area contributed by atoms with E-state index in [1.807, 2.05) is 11.5 Å². The number of pyridine rings is 1. The Hall–Kier alpha value is -2.30. The van der Waals surface area contributed by atoms with E-state index in [1.165, 1.54) is 0 Å². The average molecular weight is 361 g/mol. The lowest BCUT2D eigenvalue weighted by atomic mass is 10.1. The molecule has 3 aromatic rings. The van der Waals surface area contributed by atoms with Crippen molar-refractivity contribution in [3.63, 3.8) is 0 Å². The molecule has 0 atom stereocenters. The topological polar surface area (TPSA) is 51.1 Å². The Morgan fingerprint density at radius 3 is 2.58 bits per heavy atom. The molecule has 0 bridgehead atoms. The Balaban J connectivity index is 2.10. The van der Waals surface area contributed by atoms with Crippen molar-refractivity contribution in [2.45, 2.75) is 13.5 Å². The van der Waals surface area contributed by atoms with Gasteiger partial charge in [-0.1, -0.05) is 29.3 Å². The lowest BCUT2D eigenvalue weighted by molar-refractivity contribution is 0.102. The lowest BCUT2D eigenvalue weighted by Crippen LogP contribution is -2.23. The van der Waals surface area contributed by atoms with Crippen LogP contribution in [0.5, 0.6) is 0 Å². The number of amides is 1. The van der Waals surface area contributed by atoms with E-state index in [1.54, 1.807) is 48.7 Å². The van der Waals surface area contributed by atoms with Gasteiger partial charge in [0.05, 0.1) is 5.52 Å². The molecule has 0 radical (unpaired) electrons. The minimum atomic E-state index is -0.480. The molecule has 6 heteroatoms. The molecule has 0 saturated heterocycles. The van der Waals surface area contributed by atoms with Crippen molar-refractivity contribution in [3.05, 3.63) is 74.5 Å². The summed E-state index contributed by atoms with van der Waals surface area (Å²) in [6, 6.07) is 11.8. The maximum Gasteiger partial charge on any atom is 0.261 e. The quantitative estimate of drug-likeness (QED) is 0.742. The Kier molecular flexibility index (Phi) is 4.60. The highest BCUT2D eigenvalue weighted by Crippen LogP contribution is 2.19. The largest absolute Gasteiger partial charge is 0.347 e. The zero-order valence-electron chi connectivity index (χ0n) is 12.8. The predicted octanol–water partition coefficient (Wildman–Crippen LogP) is 4.58. The van der Waals surface area contributed by atoms with Crippen LogP contribution in [0.25, 0.3) is 10.9 Å². The van der Waals surface area contributed by atoms with Crippen LogP contribution in [0, 0.1) is 0 Å². The van der Waals surface area contributed by atoms with Gasteiger partial charge in [0, 0.05) is 33.9 Å². The van der Waals surface area contributed by atoms with Crippen LogP contribution in [0.4, 0.5) is 5.69 Å². The van der Waals surface area contributed by atoms with Gasteiger partial charge in [0.15, 0.2) is 0 Å². The first-order valence-electron chi connectivity index (χ1n) is 7.39. The molecular formula is C18H14Cl2N2O2. The molecular weight excluding hydrogens is 347 g/mol. The Labute approximate surface area is 148 Å². The van der Waals surface area contributed by atoms with Crippen LogP contribution in [0.3, 0.4) is 0 Å². The number of rotatable bonds is 3. The number of hydrogen-bond acceptors (Lipinski definition) is 2. The second-order valence-electron chi connectivity index (χ2n) is 5.28. The minimum absolute atomic E-state index is 0.0617. The molecule has 1 aromatic heterocycles. The van der Waals surface area contributed by atoms with E-state index in [9.17, 15) is 9.59 Å². The summed E-state index contributed by atoms with van der Waals surface area (Å²) in [6.45, 7) is 2.56. The molecule has 0 aliphatic carbocycles. The average Bonchev–Trinajstić information content (AvgIpc) is 2.55. The maximum atomic E-state index is 12.7. The SMILES string of the molecule is CCn1cc(C(=O)Nc2cccc(Cl)c2)c(=O)c2cc(Cl)ccc21. The molecule has 2 aromatic carbocycles. The van der Waals surface area contributed by atoms with Gasteiger partial charge in [-0.05, 0) is 43.3 Å². The normalized spacial score (nSPS) is 10.8. The lowest BCUT2D eigenvalue weighted by Gasteiger charge is -2.12. The van der Waals surface area contributed by atoms with Gasteiger partial charge in [0.1, 0.15) is 5.56 Å². The number of carbonyl (C=O) groups is 1. The summed E-state index contributed by atoms with van der Waals surface area (Å²) in [5.41, 5.74) is 0.982. The van der Waals surface area contributed by atoms with Gasteiger partial charge in [-0.3, -0.25) is 9.59 Å². The van der Waals surface area contributed by atoms with Crippen LogP contribution < -0.4 is 10.7 Å². The van der Waals surface area contributed by atoms with Crippen LogP contribution in [0.15, 0.2) is 53.5 Å². The van der Waals surface area contributed by atoms with Crippen molar-refractivity contribution >= 4 is 45.7 Å². The minimum Gasteiger partial charge on any atom is -0.347 e. The number of anilines is 1. The van der Waals surface area contributed by atoms with Crippen molar-refractivity contribution in [1.29, 1.82) is 0 Å². The van der Waals surface area contributed by atoms with Gasteiger partial charge >= 0.3 is 0 Å². The number of fused-ring (bicyclic) bond motifs is 1. The fourth-order valence-corrected chi connectivity index (χ4v) is 2.92. The summed E-state index contributed by atoms with van der Waals surface area (Å²) < 4.78 is 1.85. The van der Waals surface area contributed by atoms with E-state index < -0.39 is 5.91 Å². The van der Waals surface area contributed by atoms with E-state index in [0.717, 1.165) is 5.52 Å². The highest BCUT2D eigenvalue weighted by Gasteiger charge is 2.15. The third-order valence-electron chi connectivity index (χ3n) is 3.71. The van der Waals surface area contributed by atoms with E-state index >= 15 is 0 Å². The zero-order chi connectivity index (χ0) is 17.3. The van der Waals surface area contributed by atoms with Crippen molar-refractivity contribution in [3.8, 4) is 0 Å². The molecule has 1 amide bonds. The number of hydrogen-bond donors (Lipinski definition) is 1. The first kappa shape index (κ1) is 16.6. The van der Waals surface area contributed by atoms with Crippen LogP contribution in [-0.2, 0) is 6.54 Å². The van der Waals surface area contributed by atoms with Crippen molar-refractivity contribution in [2.75, 3.05) is 5.32 Å². The maximum absolute atomic E-state index is 12.7.